The summed E-state index contributed by atoms with van der Waals surface area (Å²) in [4.78, 5) is 0.0107. The van der Waals surface area contributed by atoms with E-state index in [1.54, 1.807) is 24.5 Å². The maximum Gasteiger partial charge on any atom is 0.246 e. The number of ether oxygens (including phenoxy) is 2. The molecule has 0 fully saturated rings. The Morgan fingerprint density at radius 3 is 2.37 bits per heavy atom. The molecule has 0 saturated carbocycles. The standard InChI is InChI=1S/C20H23ClN4O4S/c1-6-24(3)30(26,27)19-11-14(17(28-4)12-18(19)29-5)20-23-22-13(2)25(20)16-10-8-7-9-15(16)21/h7-12H,6H2,1-5H3. The molecule has 8 nitrogen and oxygen atoms in total. The second kappa shape index (κ2) is 8.63. The highest BCUT2D eigenvalue weighted by Crippen LogP contribution is 2.39. The minimum atomic E-state index is -3.80. The van der Waals surface area contributed by atoms with Crippen LogP contribution >= 0.6 is 11.6 Å². The van der Waals surface area contributed by atoms with Gasteiger partial charge in [-0.3, -0.25) is 4.57 Å². The Hall–Kier alpha value is -2.62. The maximum atomic E-state index is 13.1. The van der Waals surface area contributed by atoms with Crippen LogP contribution in [0, 0.1) is 6.92 Å². The number of aryl methyl sites for hydroxylation is 1. The molecule has 0 aliphatic rings. The molecule has 0 atom stereocenters. The van der Waals surface area contributed by atoms with Crippen molar-refractivity contribution in [3.05, 3.63) is 47.2 Å². The number of halogens is 1. The van der Waals surface area contributed by atoms with Gasteiger partial charge < -0.3 is 9.47 Å². The number of para-hydroxylation sites is 1. The molecule has 0 bridgehead atoms. The van der Waals surface area contributed by atoms with E-state index in [0.717, 1.165) is 0 Å². The Kier molecular flexibility index (Phi) is 6.35. The van der Waals surface area contributed by atoms with Gasteiger partial charge in [0.05, 0.1) is 30.5 Å². The minimum Gasteiger partial charge on any atom is -0.496 e. The molecule has 1 aromatic heterocycles. The number of benzene rings is 2. The predicted octanol–water partition coefficient (Wildman–Crippen LogP) is 3.55. The Morgan fingerprint density at radius 2 is 1.77 bits per heavy atom. The number of hydrogen-bond donors (Lipinski definition) is 0. The van der Waals surface area contributed by atoms with Crippen molar-refractivity contribution in [1.82, 2.24) is 19.1 Å². The average molecular weight is 451 g/mol. The van der Waals surface area contributed by atoms with Crippen molar-refractivity contribution in [3.8, 4) is 28.6 Å². The van der Waals surface area contributed by atoms with Gasteiger partial charge >= 0.3 is 0 Å². The zero-order valence-corrected chi connectivity index (χ0v) is 19.0. The summed E-state index contributed by atoms with van der Waals surface area (Å²) in [5.74, 6) is 1.56. The highest BCUT2D eigenvalue weighted by atomic mass is 35.5. The number of rotatable bonds is 7. The fourth-order valence-electron chi connectivity index (χ4n) is 3.04. The summed E-state index contributed by atoms with van der Waals surface area (Å²) in [6, 6.07) is 10.3. The van der Waals surface area contributed by atoms with Gasteiger partial charge in [-0.2, -0.15) is 0 Å². The molecule has 0 spiro atoms. The molecule has 0 aliphatic carbocycles. The van der Waals surface area contributed by atoms with E-state index in [2.05, 4.69) is 10.2 Å². The second-order valence-corrected chi connectivity index (χ2v) is 8.90. The lowest BCUT2D eigenvalue weighted by atomic mass is 10.1. The Bertz CT molecular complexity index is 1180. The topological polar surface area (TPSA) is 86.6 Å². The van der Waals surface area contributed by atoms with Crippen LogP contribution in [-0.2, 0) is 10.0 Å². The summed E-state index contributed by atoms with van der Waals surface area (Å²) in [7, 11) is 0.618. The summed E-state index contributed by atoms with van der Waals surface area (Å²) in [6.45, 7) is 3.85. The lowest BCUT2D eigenvalue weighted by molar-refractivity contribution is 0.384. The summed E-state index contributed by atoms with van der Waals surface area (Å²) in [5.41, 5.74) is 1.12. The van der Waals surface area contributed by atoms with Gasteiger partial charge in [-0.25, -0.2) is 12.7 Å². The minimum absolute atomic E-state index is 0.0107. The Labute approximate surface area is 181 Å². The molecule has 160 valence electrons. The molecule has 0 unspecified atom stereocenters. The quantitative estimate of drug-likeness (QED) is 0.547. The van der Waals surface area contributed by atoms with Crippen LogP contribution in [0.1, 0.15) is 12.7 Å². The van der Waals surface area contributed by atoms with E-state index in [1.165, 1.54) is 37.7 Å². The fraction of sp³-hybridized carbons (Fsp3) is 0.300. The molecule has 0 radical (unpaired) electrons. The van der Waals surface area contributed by atoms with Crippen LogP contribution in [0.15, 0.2) is 41.3 Å². The Morgan fingerprint density at radius 1 is 1.10 bits per heavy atom. The van der Waals surface area contributed by atoms with E-state index < -0.39 is 10.0 Å². The molecule has 3 rings (SSSR count). The molecule has 10 heteroatoms. The van der Waals surface area contributed by atoms with Gasteiger partial charge in [-0.1, -0.05) is 30.7 Å². The van der Waals surface area contributed by atoms with Crippen LogP contribution in [0.25, 0.3) is 17.1 Å². The van der Waals surface area contributed by atoms with Crippen molar-refractivity contribution < 1.29 is 17.9 Å². The monoisotopic (exact) mass is 450 g/mol. The van der Waals surface area contributed by atoms with E-state index >= 15 is 0 Å². The van der Waals surface area contributed by atoms with E-state index in [-0.39, 0.29) is 10.6 Å². The fourth-order valence-corrected chi connectivity index (χ4v) is 4.60. The molecule has 2 aromatic carbocycles. The van der Waals surface area contributed by atoms with Gasteiger partial charge in [-0.15, -0.1) is 10.2 Å². The predicted molar refractivity (Wildman–Crippen MR) is 115 cm³/mol. The number of nitrogens with zero attached hydrogens (tertiary/aromatic N) is 4. The van der Waals surface area contributed by atoms with Crippen molar-refractivity contribution in [1.29, 1.82) is 0 Å². The lowest BCUT2D eigenvalue weighted by Crippen LogP contribution is -2.27. The number of sulfonamides is 1. The third-order valence-corrected chi connectivity index (χ3v) is 7.05. The molecule has 1 heterocycles. The normalized spacial score (nSPS) is 11.7. The summed E-state index contributed by atoms with van der Waals surface area (Å²) >= 11 is 6.40. The van der Waals surface area contributed by atoms with Crippen molar-refractivity contribution in [2.45, 2.75) is 18.7 Å². The van der Waals surface area contributed by atoms with Gasteiger partial charge in [0.25, 0.3) is 0 Å². The third-order valence-electron chi connectivity index (χ3n) is 4.78. The van der Waals surface area contributed by atoms with E-state index in [4.69, 9.17) is 21.1 Å². The van der Waals surface area contributed by atoms with Crippen LogP contribution < -0.4 is 9.47 Å². The molecule has 0 aliphatic heterocycles. The highest BCUT2D eigenvalue weighted by molar-refractivity contribution is 7.89. The summed E-state index contributed by atoms with van der Waals surface area (Å²) in [5, 5.41) is 8.97. The van der Waals surface area contributed by atoms with Crippen molar-refractivity contribution >= 4 is 21.6 Å². The van der Waals surface area contributed by atoms with Crippen molar-refractivity contribution in [2.75, 3.05) is 27.8 Å². The van der Waals surface area contributed by atoms with Crippen LogP contribution in [0.4, 0.5) is 0 Å². The third kappa shape index (κ3) is 3.76. The van der Waals surface area contributed by atoms with Crippen molar-refractivity contribution in [2.24, 2.45) is 0 Å². The highest BCUT2D eigenvalue weighted by Gasteiger charge is 2.28. The van der Waals surface area contributed by atoms with Crippen LogP contribution in [0.2, 0.25) is 5.02 Å². The van der Waals surface area contributed by atoms with Crippen LogP contribution in [-0.4, -0.2) is 55.3 Å². The number of aromatic nitrogens is 3. The lowest BCUT2D eigenvalue weighted by Gasteiger charge is -2.19. The summed E-state index contributed by atoms with van der Waals surface area (Å²) in [6.07, 6.45) is 0. The largest absolute Gasteiger partial charge is 0.496 e. The zero-order valence-electron chi connectivity index (χ0n) is 17.4. The molecule has 0 amide bonds. The molecule has 30 heavy (non-hydrogen) atoms. The Balaban J connectivity index is 2.33. The maximum absolute atomic E-state index is 13.1. The molecule has 0 saturated heterocycles. The number of methoxy groups -OCH3 is 2. The molecule has 3 aromatic rings. The number of hydrogen-bond acceptors (Lipinski definition) is 6. The molecular formula is C20H23ClN4O4S. The first kappa shape index (κ1) is 22.1. The first-order valence-corrected chi connectivity index (χ1v) is 11.0. The second-order valence-electron chi connectivity index (χ2n) is 6.48. The van der Waals surface area contributed by atoms with Gasteiger partial charge in [0, 0.05) is 19.7 Å². The first-order chi connectivity index (χ1) is 14.3. The molecule has 0 N–H and O–H groups in total. The van der Waals surface area contributed by atoms with Gasteiger partial charge in [0.2, 0.25) is 10.0 Å². The SMILES string of the molecule is CCN(C)S(=O)(=O)c1cc(-c2nnc(C)n2-c2ccccc2Cl)c(OC)cc1OC. The van der Waals surface area contributed by atoms with Crippen molar-refractivity contribution in [3.63, 3.8) is 0 Å². The van der Waals surface area contributed by atoms with Crippen LogP contribution in [0.5, 0.6) is 11.5 Å². The first-order valence-electron chi connectivity index (χ1n) is 9.15. The zero-order chi connectivity index (χ0) is 22.1. The van der Waals surface area contributed by atoms with Gasteiger partial charge in [-0.05, 0) is 25.1 Å². The van der Waals surface area contributed by atoms with E-state index in [9.17, 15) is 8.42 Å². The van der Waals surface area contributed by atoms with Gasteiger partial charge in [0.1, 0.15) is 22.2 Å². The van der Waals surface area contributed by atoms with Crippen LogP contribution in [0.3, 0.4) is 0 Å². The smallest absolute Gasteiger partial charge is 0.246 e. The average Bonchev–Trinajstić information content (AvgIpc) is 3.13. The van der Waals surface area contributed by atoms with Gasteiger partial charge in [0.15, 0.2) is 5.82 Å². The molecular weight excluding hydrogens is 428 g/mol. The van der Waals surface area contributed by atoms with E-state index in [0.29, 0.717) is 40.2 Å². The van der Waals surface area contributed by atoms with E-state index in [1.807, 2.05) is 18.2 Å². The summed E-state index contributed by atoms with van der Waals surface area (Å²) < 4.78 is 40.0.